The molecule has 0 saturated heterocycles. The fourth-order valence-electron chi connectivity index (χ4n) is 4.60. The molecular weight excluding hydrogens is 508 g/mol. The van der Waals surface area contributed by atoms with Crippen LogP contribution in [0.5, 0.6) is 0 Å². The fraction of sp³-hybridized carbons (Fsp3) is 0.241. The third-order valence-corrected chi connectivity index (χ3v) is 7.19. The first-order chi connectivity index (χ1) is 18.8. The van der Waals surface area contributed by atoms with Crippen molar-refractivity contribution in [1.29, 1.82) is 0 Å². The molecular formula is C29H28N8OS. The highest BCUT2D eigenvalue weighted by molar-refractivity contribution is 7.13. The molecule has 0 atom stereocenters. The number of fused-ring (bicyclic) bond motifs is 2. The molecule has 1 aliphatic heterocycles. The van der Waals surface area contributed by atoms with E-state index in [1.807, 2.05) is 56.6 Å². The van der Waals surface area contributed by atoms with Gasteiger partial charge in [0, 0.05) is 54.7 Å². The second kappa shape index (κ2) is 10.0. The van der Waals surface area contributed by atoms with Crippen LogP contribution in [0.25, 0.3) is 32.7 Å². The standard InChI is InChI=1S/C29H28N8OS/c1-29(2,3)13-24(38)34-19-11-17(14-30-16-19)18-12-20-21(32-15-18)7-9-33-37-25(20)28-35-22-6-8-31-27(26(22)36-28)23-5-4-10-39-23/h4-6,8,10-12,14-16,33H,7,9,13H2,1-3H3,(H,34,38)(H,35,36). The molecule has 5 aromatic rings. The molecule has 0 aliphatic carbocycles. The highest BCUT2D eigenvalue weighted by Crippen LogP contribution is 2.30. The Labute approximate surface area is 229 Å². The first-order valence-electron chi connectivity index (χ1n) is 12.8. The van der Waals surface area contributed by atoms with Crippen LogP contribution in [0.15, 0.2) is 65.6 Å². The number of nitrogens with zero attached hydrogens (tertiary/aromatic N) is 5. The van der Waals surface area contributed by atoms with Crippen LogP contribution >= 0.6 is 11.3 Å². The number of pyridine rings is 3. The molecule has 0 aromatic carbocycles. The number of carbonyl (C=O) groups excluding carboxylic acids is 1. The number of hydrazone groups is 1. The van der Waals surface area contributed by atoms with Gasteiger partial charge < -0.3 is 15.7 Å². The summed E-state index contributed by atoms with van der Waals surface area (Å²) < 4.78 is 0. The van der Waals surface area contributed by atoms with Gasteiger partial charge in [-0.2, -0.15) is 5.10 Å². The highest BCUT2D eigenvalue weighted by atomic mass is 32.1. The van der Waals surface area contributed by atoms with Crippen LogP contribution in [0.4, 0.5) is 5.69 Å². The van der Waals surface area contributed by atoms with E-state index in [-0.39, 0.29) is 11.3 Å². The number of amides is 1. The van der Waals surface area contributed by atoms with Crippen LogP contribution in [0.1, 0.15) is 44.3 Å². The summed E-state index contributed by atoms with van der Waals surface area (Å²) in [6, 6.07) is 9.97. The number of rotatable bonds is 5. The molecule has 196 valence electrons. The Bertz CT molecular complexity index is 1700. The molecule has 6 heterocycles. The number of hydrogen-bond acceptors (Lipinski definition) is 8. The van der Waals surface area contributed by atoms with Gasteiger partial charge in [0.1, 0.15) is 16.9 Å². The topological polar surface area (TPSA) is 121 Å². The van der Waals surface area contributed by atoms with Crippen LogP contribution in [-0.2, 0) is 11.2 Å². The van der Waals surface area contributed by atoms with E-state index >= 15 is 0 Å². The summed E-state index contributed by atoms with van der Waals surface area (Å²) in [7, 11) is 0. The van der Waals surface area contributed by atoms with Crippen molar-refractivity contribution in [1.82, 2.24) is 30.3 Å². The quantitative estimate of drug-likeness (QED) is 0.276. The number of thiophene rings is 1. The molecule has 1 amide bonds. The third kappa shape index (κ3) is 5.28. The summed E-state index contributed by atoms with van der Waals surface area (Å²) in [5, 5.41) is 9.70. The monoisotopic (exact) mass is 536 g/mol. The highest BCUT2D eigenvalue weighted by Gasteiger charge is 2.22. The lowest BCUT2D eigenvalue weighted by molar-refractivity contribution is -0.117. The molecule has 39 heavy (non-hydrogen) atoms. The second-order valence-corrected chi connectivity index (χ2v) is 11.7. The maximum Gasteiger partial charge on any atom is 0.224 e. The van der Waals surface area contributed by atoms with Crippen molar-refractivity contribution in [3.8, 4) is 21.7 Å². The number of H-pyrrole nitrogens is 1. The van der Waals surface area contributed by atoms with Gasteiger partial charge in [-0.05, 0) is 35.1 Å². The predicted octanol–water partition coefficient (Wildman–Crippen LogP) is 5.42. The lowest BCUT2D eigenvalue weighted by Gasteiger charge is -2.17. The number of hydrogen-bond donors (Lipinski definition) is 3. The lowest BCUT2D eigenvalue weighted by Crippen LogP contribution is -2.19. The molecule has 0 radical (unpaired) electrons. The number of aromatic nitrogens is 5. The van der Waals surface area contributed by atoms with Gasteiger partial charge in [-0.15, -0.1) is 11.3 Å². The molecule has 0 fully saturated rings. The maximum absolute atomic E-state index is 12.5. The summed E-state index contributed by atoms with van der Waals surface area (Å²) in [6.45, 7) is 6.79. The number of nitrogens with one attached hydrogen (secondary N) is 3. The third-order valence-electron chi connectivity index (χ3n) is 6.32. The van der Waals surface area contributed by atoms with Gasteiger partial charge in [0.15, 0.2) is 5.82 Å². The zero-order chi connectivity index (χ0) is 27.0. The Hall–Kier alpha value is -4.44. The van der Waals surface area contributed by atoms with Crippen molar-refractivity contribution in [2.75, 3.05) is 11.9 Å². The minimum atomic E-state index is -0.100. The molecule has 1 aliphatic rings. The van der Waals surface area contributed by atoms with E-state index in [0.29, 0.717) is 30.2 Å². The Balaban J connectivity index is 1.37. The summed E-state index contributed by atoms with van der Waals surface area (Å²) in [6.07, 6.45) is 8.22. The Morgan fingerprint density at radius 1 is 1.10 bits per heavy atom. The first-order valence-corrected chi connectivity index (χ1v) is 13.7. The van der Waals surface area contributed by atoms with E-state index in [4.69, 9.17) is 15.1 Å². The second-order valence-electron chi connectivity index (χ2n) is 10.7. The van der Waals surface area contributed by atoms with Gasteiger partial charge in [0.25, 0.3) is 0 Å². The number of anilines is 1. The molecule has 5 aromatic heterocycles. The van der Waals surface area contributed by atoms with Crippen LogP contribution in [0.2, 0.25) is 0 Å². The van der Waals surface area contributed by atoms with E-state index in [9.17, 15) is 4.79 Å². The average Bonchev–Trinajstić information content (AvgIpc) is 3.54. The summed E-state index contributed by atoms with van der Waals surface area (Å²) >= 11 is 1.63. The smallest absolute Gasteiger partial charge is 0.224 e. The summed E-state index contributed by atoms with van der Waals surface area (Å²) in [5.41, 5.74) is 10.5. The number of aromatic amines is 1. The van der Waals surface area contributed by atoms with E-state index in [2.05, 4.69) is 31.8 Å². The van der Waals surface area contributed by atoms with Gasteiger partial charge >= 0.3 is 0 Å². The van der Waals surface area contributed by atoms with Crippen molar-refractivity contribution in [2.24, 2.45) is 10.5 Å². The average molecular weight is 537 g/mol. The van der Waals surface area contributed by atoms with Crippen LogP contribution in [-0.4, -0.2) is 43.1 Å². The minimum Gasteiger partial charge on any atom is -0.336 e. The van der Waals surface area contributed by atoms with Gasteiger partial charge in [-0.3, -0.25) is 19.7 Å². The molecule has 3 N–H and O–H groups in total. The van der Waals surface area contributed by atoms with Crippen LogP contribution in [0.3, 0.4) is 0 Å². The molecule has 0 unspecified atom stereocenters. The lowest BCUT2D eigenvalue weighted by atomic mass is 9.92. The molecule has 0 saturated carbocycles. The van der Waals surface area contributed by atoms with Crippen LogP contribution < -0.4 is 10.7 Å². The number of carbonyl (C=O) groups is 1. The minimum absolute atomic E-state index is 0.0386. The van der Waals surface area contributed by atoms with Crippen molar-refractivity contribution in [3.63, 3.8) is 0 Å². The summed E-state index contributed by atoms with van der Waals surface area (Å²) in [4.78, 5) is 35.7. The predicted molar refractivity (Wildman–Crippen MR) is 155 cm³/mol. The normalized spacial score (nSPS) is 13.4. The molecule has 9 nitrogen and oxygen atoms in total. The maximum atomic E-state index is 12.5. The Kier molecular flexibility index (Phi) is 6.40. The number of imidazole rings is 1. The van der Waals surface area contributed by atoms with Gasteiger partial charge in [0.05, 0.1) is 28.0 Å². The van der Waals surface area contributed by atoms with E-state index in [0.717, 1.165) is 50.4 Å². The van der Waals surface area contributed by atoms with Gasteiger partial charge in [0.2, 0.25) is 5.91 Å². The van der Waals surface area contributed by atoms with Crippen molar-refractivity contribution < 1.29 is 4.79 Å². The molecule has 6 rings (SSSR count). The zero-order valence-electron chi connectivity index (χ0n) is 21.9. The first kappa shape index (κ1) is 24.9. The van der Waals surface area contributed by atoms with Gasteiger partial charge in [-0.25, -0.2) is 4.98 Å². The van der Waals surface area contributed by atoms with E-state index < -0.39 is 0 Å². The van der Waals surface area contributed by atoms with Crippen molar-refractivity contribution >= 4 is 39.7 Å². The van der Waals surface area contributed by atoms with Crippen LogP contribution in [0, 0.1) is 5.41 Å². The molecule has 10 heteroatoms. The fourth-order valence-corrected chi connectivity index (χ4v) is 5.32. The Morgan fingerprint density at radius 2 is 1.97 bits per heavy atom. The van der Waals surface area contributed by atoms with E-state index in [1.165, 1.54) is 0 Å². The molecule has 0 bridgehead atoms. The summed E-state index contributed by atoms with van der Waals surface area (Å²) in [5.74, 6) is 0.606. The molecule has 0 spiro atoms. The largest absolute Gasteiger partial charge is 0.336 e. The van der Waals surface area contributed by atoms with E-state index in [1.54, 1.807) is 29.9 Å². The zero-order valence-corrected chi connectivity index (χ0v) is 22.8. The Morgan fingerprint density at radius 3 is 2.79 bits per heavy atom. The van der Waals surface area contributed by atoms with Crippen molar-refractivity contribution in [2.45, 2.75) is 33.6 Å². The SMILES string of the molecule is CC(C)(C)CC(=O)Nc1cncc(-c2cnc3c(c2)C(c2nc4c(-c5cccs5)nccc4[nH]2)=NNCC3)c1. The van der Waals surface area contributed by atoms with Gasteiger partial charge in [-0.1, -0.05) is 26.8 Å². The van der Waals surface area contributed by atoms with Crippen molar-refractivity contribution in [3.05, 3.63) is 77.6 Å².